The fraction of sp³-hybridized carbons (Fsp3) is 0.350. The van der Waals surface area contributed by atoms with Crippen LogP contribution in [0.2, 0.25) is 0 Å². The molecule has 1 fully saturated rings. The number of ether oxygens (including phenoxy) is 2. The molecule has 1 saturated heterocycles. The van der Waals surface area contributed by atoms with Gasteiger partial charge in [-0.15, -0.1) is 0 Å². The number of piperidine rings is 1. The highest BCUT2D eigenvalue weighted by Gasteiger charge is 2.26. The number of hydrogen-bond donors (Lipinski definition) is 1. The van der Waals surface area contributed by atoms with Gasteiger partial charge in [-0.2, -0.15) is 5.10 Å². The van der Waals surface area contributed by atoms with Crippen LogP contribution in [0.3, 0.4) is 0 Å². The predicted octanol–water partition coefficient (Wildman–Crippen LogP) is 1.93. The van der Waals surface area contributed by atoms with Crippen molar-refractivity contribution < 1.29 is 14.3 Å². The number of aromatic nitrogens is 5. The molecule has 156 valence electrons. The molecule has 0 radical (unpaired) electrons. The Morgan fingerprint density at radius 3 is 2.50 bits per heavy atom. The Morgan fingerprint density at radius 1 is 1.03 bits per heavy atom. The second kappa shape index (κ2) is 8.76. The van der Waals surface area contributed by atoms with Gasteiger partial charge < -0.3 is 19.7 Å². The third-order valence-corrected chi connectivity index (χ3v) is 5.13. The molecule has 1 aliphatic heterocycles. The van der Waals surface area contributed by atoms with Gasteiger partial charge in [0.1, 0.15) is 24.8 Å². The van der Waals surface area contributed by atoms with E-state index in [1.54, 1.807) is 43.4 Å². The van der Waals surface area contributed by atoms with Crippen molar-refractivity contribution in [3.8, 4) is 17.3 Å². The summed E-state index contributed by atoms with van der Waals surface area (Å²) < 4.78 is 12.1. The highest BCUT2D eigenvalue weighted by molar-refractivity contribution is 5.93. The standard InChI is InChI=1S/C20H23N7O3/c1-29-16-4-3-15(9-17(16)30-2)25-20(28)14-5-7-26(8-6-14)18-10-19(23-12-22-18)27-13-21-11-24-27/h3-4,9-14H,5-8H2,1-2H3,(H,25,28). The smallest absolute Gasteiger partial charge is 0.227 e. The van der Waals surface area contributed by atoms with E-state index in [4.69, 9.17) is 9.47 Å². The van der Waals surface area contributed by atoms with E-state index in [2.05, 4.69) is 30.3 Å². The summed E-state index contributed by atoms with van der Waals surface area (Å²) >= 11 is 0. The molecule has 3 aromatic rings. The largest absolute Gasteiger partial charge is 0.493 e. The van der Waals surface area contributed by atoms with Gasteiger partial charge in [0.25, 0.3) is 0 Å². The number of hydrogen-bond acceptors (Lipinski definition) is 8. The molecule has 1 aromatic carbocycles. The molecule has 3 heterocycles. The average molecular weight is 409 g/mol. The van der Waals surface area contributed by atoms with Crippen molar-refractivity contribution in [1.82, 2.24) is 24.7 Å². The van der Waals surface area contributed by atoms with E-state index >= 15 is 0 Å². The first-order valence-electron chi connectivity index (χ1n) is 9.63. The van der Waals surface area contributed by atoms with Gasteiger partial charge in [-0.3, -0.25) is 4.79 Å². The quantitative estimate of drug-likeness (QED) is 0.658. The van der Waals surface area contributed by atoms with Crippen LogP contribution in [0.1, 0.15) is 12.8 Å². The molecule has 0 atom stereocenters. The van der Waals surface area contributed by atoms with Crippen LogP contribution in [-0.2, 0) is 4.79 Å². The third kappa shape index (κ3) is 4.17. The second-order valence-corrected chi connectivity index (χ2v) is 6.89. The minimum absolute atomic E-state index is 0.00728. The monoisotopic (exact) mass is 409 g/mol. The van der Waals surface area contributed by atoms with Gasteiger partial charge in [-0.25, -0.2) is 19.6 Å². The van der Waals surface area contributed by atoms with Gasteiger partial charge in [0, 0.05) is 36.8 Å². The molecule has 10 heteroatoms. The van der Waals surface area contributed by atoms with Crippen LogP contribution in [-0.4, -0.2) is 57.9 Å². The van der Waals surface area contributed by atoms with Crippen molar-refractivity contribution in [2.75, 3.05) is 37.5 Å². The Kier molecular flexibility index (Phi) is 5.73. The number of nitrogens with zero attached hydrogens (tertiary/aromatic N) is 6. The number of anilines is 2. The lowest BCUT2D eigenvalue weighted by Gasteiger charge is -2.32. The Morgan fingerprint density at radius 2 is 1.80 bits per heavy atom. The summed E-state index contributed by atoms with van der Waals surface area (Å²) in [7, 11) is 3.15. The molecule has 1 amide bonds. The van der Waals surface area contributed by atoms with Crippen molar-refractivity contribution in [2.24, 2.45) is 5.92 Å². The lowest BCUT2D eigenvalue weighted by atomic mass is 9.96. The highest BCUT2D eigenvalue weighted by Crippen LogP contribution is 2.30. The summed E-state index contributed by atoms with van der Waals surface area (Å²) in [5.74, 6) is 2.62. The maximum Gasteiger partial charge on any atom is 0.227 e. The van der Waals surface area contributed by atoms with Crippen molar-refractivity contribution in [2.45, 2.75) is 12.8 Å². The fourth-order valence-corrected chi connectivity index (χ4v) is 3.49. The fourth-order valence-electron chi connectivity index (χ4n) is 3.49. The molecule has 10 nitrogen and oxygen atoms in total. The van der Waals surface area contributed by atoms with Gasteiger partial charge in [0.2, 0.25) is 5.91 Å². The molecule has 1 N–H and O–H groups in total. The molecule has 0 saturated carbocycles. The lowest BCUT2D eigenvalue weighted by molar-refractivity contribution is -0.120. The molecule has 0 aliphatic carbocycles. The van der Waals surface area contributed by atoms with Crippen molar-refractivity contribution in [3.63, 3.8) is 0 Å². The summed E-state index contributed by atoms with van der Waals surface area (Å²) in [5, 5.41) is 7.08. The summed E-state index contributed by atoms with van der Waals surface area (Å²) in [6.07, 6.45) is 6.05. The van der Waals surface area contributed by atoms with Crippen molar-refractivity contribution in [3.05, 3.63) is 43.2 Å². The molecule has 1 aliphatic rings. The highest BCUT2D eigenvalue weighted by atomic mass is 16.5. The molecular weight excluding hydrogens is 386 g/mol. The van der Waals surface area contributed by atoms with Gasteiger partial charge >= 0.3 is 0 Å². The van der Waals surface area contributed by atoms with E-state index in [-0.39, 0.29) is 11.8 Å². The summed E-state index contributed by atoms with van der Waals surface area (Å²) in [6.45, 7) is 1.47. The third-order valence-electron chi connectivity index (χ3n) is 5.13. The summed E-state index contributed by atoms with van der Waals surface area (Å²) in [5.41, 5.74) is 0.688. The summed E-state index contributed by atoms with van der Waals surface area (Å²) in [4.78, 5) is 27.4. The van der Waals surface area contributed by atoms with E-state index in [1.807, 2.05) is 6.07 Å². The lowest BCUT2D eigenvalue weighted by Crippen LogP contribution is -2.38. The minimum atomic E-state index is -0.0639. The predicted molar refractivity (Wildman–Crippen MR) is 110 cm³/mol. The maximum absolute atomic E-state index is 12.7. The van der Waals surface area contributed by atoms with Crippen LogP contribution in [0.4, 0.5) is 11.5 Å². The topological polar surface area (TPSA) is 107 Å². The molecule has 0 bridgehead atoms. The molecule has 2 aromatic heterocycles. The molecule has 0 spiro atoms. The molecule has 30 heavy (non-hydrogen) atoms. The van der Waals surface area contributed by atoms with Crippen LogP contribution in [0.25, 0.3) is 5.82 Å². The number of rotatable bonds is 6. The number of carbonyl (C=O) groups is 1. The van der Waals surface area contributed by atoms with Crippen LogP contribution in [0.5, 0.6) is 11.5 Å². The molecule has 0 unspecified atom stereocenters. The Labute approximate surface area is 173 Å². The van der Waals surface area contributed by atoms with E-state index < -0.39 is 0 Å². The number of nitrogens with one attached hydrogen (secondary N) is 1. The number of carbonyl (C=O) groups excluding carboxylic acids is 1. The normalized spacial score (nSPS) is 14.4. The van der Waals surface area contributed by atoms with Gasteiger partial charge in [0.15, 0.2) is 17.3 Å². The Bertz CT molecular complexity index is 1000. The van der Waals surface area contributed by atoms with E-state index in [0.29, 0.717) is 23.0 Å². The Hall–Kier alpha value is -3.69. The van der Waals surface area contributed by atoms with Crippen LogP contribution in [0, 0.1) is 5.92 Å². The number of amides is 1. The van der Waals surface area contributed by atoms with Crippen LogP contribution in [0.15, 0.2) is 43.2 Å². The SMILES string of the molecule is COc1ccc(NC(=O)C2CCN(c3cc(-n4cncn4)ncn3)CC2)cc1OC. The summed E-state index contributed by atoms with van der Waals surface area (Å²) in [6, 6.07) is 7.22. The van der Waals surface area contributed by atoms with Gasteiger partial charge in [0.05, 0.1) is 14.2 Å². The Balaban J connectivity index is 1.36. The van der Waals surface area contributed by atoms with Gasteiger partial charge in [-0.05, 0) is 25.0 Å². The van der Waals surface area contributed by atoms with Crippen LogP contribution >= 0.6 is 0 Å². The zero-order chi connectivity index (χ0) is 20.9. The van der Waals surface area contributed by atoms with Crippen LogP contribution < -0.4 is 19.7 Å². The maximum atomic E-state index is 12.7. The number of benzene rings is 1. The van der Waals surface area contributed by atoms with E-state index in [0.717, 1.165) is 31.7 Å². The van der Waals surface area contributed by atoms with E-state index in [1.165, 1.54) is 12.7 Å². The van der Waals surface area contributed by atoms with E-state index in [9.17, 15) is 4.79 Å². The second-order valence-electron chi connectivity index (χ2n) is 6.89. The zero-order valence-electron chi connectivity index (χ0n) is 16.9. The average Bonchev–Trinajstić information content (AvgIpc) is 3.34. The minimum Gasteiger partial charge on any atom is -0.493 e. The molecular formula is C20H23N7O3. The molecule has 4 rings (SSSR count). The van der Waals surface area contributed by atoms with Gasteiger partial charge in [-0.1, -0.05) is 0 Å². The first kappa shape index (κ1) is 19.6. The van der Waals surface area contributed by atoms with Crippen molar-refractivity contribution in [1.29, 1.82) is 0 Å². The first-order valence-corrected chi connectivity index (χ1v) is 9.63. The first-order chi connectivity index (χ1) is 14.7. The number of methoxy groups -OCH3 is 2. The van der Waals surface area contributed by atoms with Crippen molar-refractivity contribution >= 4 is 17.4 Å². The zero-order valence-corrected chi connectivity index (χ0v) is 16.9.